The number of benzene rings is 2. The summed E-state index contributed by atoms with van der Waals surface area (Å²) in [4.78, 5) is 8.44. The van der Waals surface area contributed by atoms with Gasteiger partial charge in [-0.15, -0.1) is 0 Å². The van der Waals surface area contributed by atoms with Gasteiger partial charge in [-0.2, -0.15) is 4.31 Å². The SMILES string of the molecule is CC=C1NC(c2ccc(F)c(OF)c2)=NC12CCN(S(=O)(=O)/C=C/c1ccc(OCCC(O)CO)cc1C)CC2. The number of aliphatic hydroxyl groups excluding tert-OH is 2. The lowest BCUT2D eigenvalue weighted by Gasteiger charge is -2.36. The van der Waals surface area contributed by atoms with Crippen LogP contribution in [0.25, 0.3) is 6.08 Å². The molecule has 1 fully saturated rings. The number of hydrogen-bond acceptors (Lipinski definition) is 8. The van der Waals surface area contributed by atoms with E-state index in [1.165, 1.54) is 21.8 Å². The van der Waals surface area contributed by atoms with Crippen molar-refractivity contribution in [2.24, 2.45) is 4.99 Å². The van der Waals surface area contributed by atoms with Crippen LogP contribution in [-0.2, 0) is 10.0 Å². The summed E-state index contributed by atoms with van der Waals surface area (Å²) >= 11 is 0. The Bertz CT molecular complexity index is 1420. The Hall–Kier alpha value is -3.32. The number of nitrogens with zero attached hydrogens (tertiary/aromatic N) is 2. The van der Waals surface area contributed by atoms with Crippen LogP contribution < -0.4 is 15.0 Å². The number of sulfonamides is 1. The van der Waals surface area contributed by atoms with E-state index in [2.05, 4.69) is 10.3 Å². The van der Waals surface area contributed by atoms with Gasteiger partial charge in [-0.05, 0) is 74.2 Å². The number of amidine groups is 1. The number of aliphatic hydroxyl groups is 2. The molecule has 0 radical (unpaired) electrons. The highest BCUT2D eigenvalue weighted by Crippen LogP contribution is 2.38. The van der Waals surface area contributed by atoms with Gasteiger partial charge in [0.25, 0.3) is 0 Å². The second-order valence-corrected chi connectivity index (χ2v) is 11.6. The zero-order valence-electron chi connectivity index (χ0n) is 22.3. The summed E-state index contributed by atoms with van der Waals surface area (Å²) in [5, 5.41) is 22.7. The molecule has 2 aliphatic rings. The Morgan fingerprint density at radius 3 is 2.62 bits per heavy atom. The van der Waals surface area contributed by atoms with Crippen LogP contribution >= 0.6 is 0 Å². The fraction of sp³-hybridized carbons (Fsp3) is 0.393. The monoisotopic (exact) mass is 577 g/mol. The molecule has 216 valence electrons. The van der Waals surface area contributed by atoms with Gasteiger partial charge in [0.15, 0.2) is 5.82 Å². The van der Waals surface area contributed by atoms with Gasteiger partial charge in [0.2, 0.25) is 15.8 Å². The third-order valence-corrected chi connectivity index (χ3v) is 8.72. The maximum Gasteiger partial charge on any atom is 0.236 e. The van der Waals surface area contributed by atoms with Crippen LogP contribution in [0.5, 0.6) is 11.5 Å². The lowest BCUT2D eigenvalue weighted by atomic mass is 9.86. The van der Waals surface area contributed by atoms with Crippen molar-refractivity contribution in [1.82, 2.24) is 9.62 Å². The first-order chi connectivity index (χ1) is 19.1. The molecule has 9 nitrogen and oxygen atoms in total. The number of nitrogens with one attached hydrogen (secondary N) is 1. The molecular weight excluding hydrogens is 544 g/mol. The standard InChI is InChI=1S/C28H33F2N3O6S/c1-3-26-28(32-27(31-26)21-5-7-24(29)25(17-21)39-30)10-12-33(13-11-28)40(36,37)15-9-20-4-6-23(16-19(20)2)38-14-8-22(35)18-34/h3-7,9,15-17,22,34-35H,8,10-14,18H2,1-2H3,(H,31,32)/b15-9+,26-3?. The second-order valence-electron chi connectivity index (χ2n) is 9.78. The minimum Gasteiger partial charge on any atom is -0.493 e. The summed E-state index contributed by atoms with van der Waals surface area (Å²) in [5.74, 6) is -0.335. The molecule has 2 aromatic carbocycles. The Kier molecular flexibility index (Phi) is 9.24. The first-order valence-corrected chi connectivity index (χ1v) is 14.4. The lowest BCUT2D eigenvalue weighted by molar-refractivity contribution is -0.0106. The molecule has 0 saturated carbocycles. The lowest BCUT2D eigenvalue weighted by Crippen LogP contribution is -2.46. The first kappa shape index (κ1) is 29.7. The van der Waals surface area contributed by atoms with E-state index in [1.54, 1.807) is 24.3 Å². The van der Waals surface area contributed by atoms with Crippen molar-refractivity contribution in [3.8, 4) is 11.5 Å². The van der Waals surface area contributed by atoms with Crippen molar-refractivity contribution in [3.63, 3.8) is 0 Å². The minimum absolute atomic E-state index is 0.244. The third-order valence-electron chi connectivity index (χ3n) is 7.16. The Labute approximate surface area is 232 Å². The molecule has 0 amide bonds. The smallest absolute Gasteiger partial charge is 0.236 e. The van der Waals surface area contributed by atoms with E-state index in [9.17, 15) is 22.4 Å². The van der Waals surface area contributed by atoms with Gasteiger partial charge in [-0.25, -0.2) is 12.8 Å². The van der Waals surface area contributed by atoms with E-state index < -0.39 is 33.2 Å². The van der Waals surface area contributed by atoms with Crippen LogP contribution in [0.1, 0.15) is 42.9 Å². The average molecular weight is 578 g/mol. The minimum atomic E-state index is -3.70. The van der Waals surface area contributed by atoms with Crippen molar-refractivity contribution in [3.05, 3.63) is 76.1 Å². The Morgan fingerprint density at radius 2 is 1.98 bits per heavy atom. The molecule has 1 spiro atoms. The number of aryl methyl sites for hydroxylation is 1. The van der Waals surface area contributed by atoms with Crippen molar-refractivity contribution >= 4 is 21.9 Å². The number of hydrogen-bond donors (Lipinski definition) is 3. The van der Waals surface area contributed by atoms with E-state index in [0.29, 0.717) is 36.4 Å². The summed E-state index contributed by atoms with van der Waals surface area (Å²) in [6.45, 7) is 4.11. The Morgan fingerprint density at radius 1 is 1.23 bits per heavy atom. The predicted molar refractivity (Wildman–Crippen MR) is 147 cm³/mol. The predicted octanol–water partition coefficient (Wildman–Crippen LogP) is 3.61. The van der Waals surface area contributed by atoms with E-state index in [1.807, 2.05) is 19.9 Å². The normalized spacial score (nSPS) is 19.1. The maximum absolute atomic E-state index is 13.7. The molecule has 1 atom stereocenters. The molecule has 4 rings (SSSR count). The molecule has 2 heterocycles. The molecule has 1 unspecified atom stereocenters. The molecule has 40 heavy (non-hydrogen) atoms. The van der Waals surface area contributed by atoms with E-state index in [-0.39, 0.29) is 26.3 Å². The molecule has 0 bridgehead atoms. The largest absolute Gasteiger partial charge is 0.493 e. The summed E-state index contributed by atoms with van der Waals surface area (Å²) in [5.41, 5.74) is 2.15. The van der Waals surface area contributed by atoms with Crippen molar-refractivity contribution in [2.75, 3.05) is 26.3 Å². The zero-order chi connectivity index (χ0) is 28.9. The molecule has 1 saturated heterocycles. The van der Waals surface area contributed by atoms with Crippen LogP contribution in [0.2, 0.25) is 0 Å². The first-order valence-electron chi connectivity index (χ1n) is 12.9. The number of rotatable bonds is 10. The van der Waals surface area contributed by atoms with Gasteiger partial charge in [0.05, 0.1) is 19.3 Å². The molecular formula is C28H33F2N3O6S. The van der Waals surface area contributed by atoms with Crippen LogP contribution in [0.15, 0.2) is 58.6 Å². The summed E-state index contributed by atoms with van der Waals surface area (Å²) < 4.78 is 59.6. The van der Waals surface area contributed by atoms with Gasteiger partial charge in [-0.3, -0.25) is 9.93 Å². The van der Waals surface area contributed by atoms with Crippen LogP contribution in [-0.4, -0.2) is 66.7 Å². The number of allylic oxidation sites excluding steroid dienone is 1. The fourth-order valence-corrected chi connectivity index (χ4v) is 5.98. The van der Waals surface area contributed by atoms with E-state index >= 15 is 0 Å². The van der Waals surface area contributed by atoms with Crippen LogP contribution in [0, 0.1) is 12.7 Å². The summed E-state index contributed by atoms with van der Waals surface area (Å²) in [6, 6.07) is 9.07. The number of aliphatic imine (C=N–C) groups is 1. The number of halogens is 2. The second kappa shape index (κ2) is 12.5. The zero-order valence-corrected chi connectivity index (χ0v) is 23.1. The summed E-state index contributed by atoms with van der Waals surface area (Å²) in [7, 11) is -3.70. The highest BCUT2D eigenvalue weighted by atomic mass is 32.2. The van der Waals surface area contributed by atoms with E-state index in [4.69, 9.17) is 14.8 Å². The molecule has 0 aromatic heterocycles. The topological polar surface area (TPSA) is 121 Å². The summed E-state index contributed by atoms with van der Waals surface area (Å²) in [6.07, 6.45) is 3.76. The maximum atomic E-state index is 13.7. The van der Waals surface area contributed by atoms with Gasteiger partial charge < -0.3 is 20.3 Å². The molecule has 2 aromatic rings. The quantitative estimate of drug-likeness (QED) is 0.395. The molecule has 2 aliphatic heterocycles. The van der Waals surface area contributed by atoms with Crippen LogP contribution in [0.3, 0.4) is 0 Å². The van der Waals surface area contributed by atoms with Crippen molar-refractivity contribution in [1.29, 1.82) is 0 Å². The van der Waals surface area contributed by atoms with Crippen LogP contribution in [0.4, 0.5) is 8.92 Å². The van der Waals surface area contributed by atoms with Gasteiger partial charge >= 0.3 is 0 Å². The third kappa shape index (κ3) is 6.52. The molecule has 0 aliphatic carbocycles. The van der Waals surface area contributed by atoms with Gasteiger partial charge in [0, 0.05) is 40.7 Å². The molecule has 12 heteroatoms. The highest BCUT2D eigenvalue weighted by molar-refractivity contribution is 7.92. The van der Waals surface area contributed by atoms with E-state index in [0.717, 1.165) is 22.9 Å². The number of ether oxygens (including phenoxy) is 1. The van der Waals surface area contributed by atoms with Gasteiger partial charge in [0.1, 0.15) is 17.1 Å². The van der Waals surface area contributed by atoms with Gasteiger partial charge in [-0.1, -0.05) is 12.1 Å². The number of piperidine rings is 1. The van der Waals surface area contributed by atoms with Crippen molar-refractivity contribution in [2.45, 2.75) is 44.8 Å². The fourth-order valence-electron chi connectivity index (χ4n) is 4.80. The molecule has 3 N–H and O–H groups in total. The highest BCUT2D eigenvalue weighted by Gasteiger charge is 2.44. The van der Waals surface area contributed by atoms with Crippen molar-refractivity contribution < 1.29 is 37.2 Å². The average Bonchev–Trinajstić information content (AvgIpc) is 3.30. The Balaban J connectivity index is 1.42.